The van der Waals surface area contributed by atoms with Gasteiger partial charge in [-0.25, -0.2) is 0 Å². The molecule has 17 heavy (non-hydrogen) atoms. The number of nitrogens with zero attached hydrogens (tertiary/aromatic N) is 1. The average Bonchev–Trinajstić information content (AvgIpc) is 2.64. The van der Waals surface area contributed by atoms with Crippen LogP contribution in [0.1, 0.15) is 59.8 Å². The van der Waals surface area contributed by atoms with Crippen LogP contribution in [0.5, 0.6) is 0 Å². The van der Waals surface area contributed by atoms with E-state index >= 15 is 0 Å². The topological polar surface area (TPSA) is 15.3 Å². The molecule has 1 heterocycles. The predicted octanol–water partition coefficient (Wildman–Crippen LogP) is 3.28. The van der Waals surface area contributed by atoms with Gasteiger partial charge in [-0.15, -0.1) is 0 Å². The van der Waals surface area contributed by atoms with Crippen LogP contribution in [0.15, 0.2) is 0 Å². The molecule has 0 aromatic carbocycles. The Kier molecular flexibility index (Phi) is 6.50. The fourth-order valence-corrected chi connectivity index (χ4v) is 2.68. The Morgan fingerprint density at radius 2 is 2.00 bits per heavy atom. The van der Waals surface area contributed by atoms with Crippen LogP contribution in [-0.2, 0) is 0 Å². The van der Waals surface area contributed by atoms with E-state index in [1.54, 1.807) is 0 Å². The summed E-state index contributed by atoms with van der Waals surface area (Å²) >= 11 is 0. The standard InChI is InChI=1S/C15H32N2/c1-5-8-14-9-12-17(13-14)11-7-6-10-16-15(2,3)4/h14,16H,5-13H2,1-4H3. The monoisotopic (exact) mass is 240 g/mol. The summed E-state index contributed by atoms with van der Waals surface area (Å²) in [5.74, 6) is 0.993. The minimum absolute atomic E-state index is 0.278. The smallest absolute Gasteiger partial charge is 0.00965 e. The average molecular weight is 240 g/mol. The Labute approximate surface area is 108 Å². The van der Waals surface area contributed by atoms with Crippen molar-refractivity contribution in [2.75, 3.05) is 26.2 Å². The van der Waals surface area contributed by atoms with Gasteiger partial charge in [0.1, 0.15) is 0 Å². The summed E-state index contributed by atoms with van der Waals surface area (Å²) in [6, 6.07) is 0. The van der Waals surface area contributed by atoms with Crippen molar-refractivity contribution in [3.05, 3.63) is 0 Å². The third kappa shape index (κ3) is 7.05. The molecule has 0 aliphatic carbocycles. The minimum atomic E-state index is 0.278. The van der Waals surface area contributed by atoms with E-state index in [0.29, 0.717) is 0 Å². The summed E-state index contributed by atoms with van der Waals surface area (Å²) in [6.45, 7) is 14.2. The van der Waals surface area contributed by atoms with Crippen LogP contribution in [-0.4, -0.2) is 36.6 Å². The maximum absolute atomic E-state index is 3.56. The molecule has 102 valence electrons. The highest BCUT2D eigenvalue weighted by Gasteiger charge is 2.20. The second kappa shape index (κ2) is 7.38. The highest BCUT2D eigenvalue weighted by molar-refractivity contribution is 4.75. The molecule has 1 N–H and O–H groups in total. The molecule has 1 atom stereocenters. The lowest BCUT2D eigenvalue weighted by molar-refractivity contribution is 0.308. The quantitative estimate of drug-likeness (QED) is 0.687. The molecule has 0 aromatic heterocycles. The number of hydrogen-bond donors (Lipinski definition) is 1. The molecular weight excluding hydrogens is 208 g/mol. The summed E-state index contributed by atoms with van der Waals surface area (Å²) < 4.78 is 0. The van der Waals surface area contributed by atoms with Crippen molar-refractivity contribution in [2.24, 2.45) is 5.92 Å². The maximum Gasteiger partial charge on any atom is 0.00965 e. The maximum atomic E-state index is 3.56. The van der Waals surface area contributed by atoms with Gasteiger partial charge in [0.15, 0.2) is 0 Å². The zero-order valence-corrected chi connectivity index (χ0v) is 12.4. The summed E-state index contributed by atoms with van der Waals surface area (Å²) in [6.07, 6.45) is 6.89. The SMILES string of the molecule is CCCC1CCN(CCCCNC(C)(C)C)C1. The van der Waals surface area contributed by atoms with Crippen LogP contribution in [0, 0.1) is 5.92 Å². The normalized spacial score (nSPS) is 22.2. The molecule has 0 saturated carbocycles. The van der Waals surface area contributed by atoms with Crippen molar-refractivity contribution >= 4 is 0 Å². The second-order valence-corrected chi connectivity index (χ2v) is 6.63. The molecule has 0 radical (unpaired) electrons. The van der Waals surface area contributed by atoms with Gasteiger partial charge in [0.25, 0.3) is 0 Å². The summed E-state index contributed by atoms with van der Waals surface area (Å²) in [5.41, 5.74) is 0.278. The van der Waals surface area contributed by atoms with Crippen LogP contribution >= 0.6 is 0 Å². The molecule has 0 bridgehead atoms. The molecule has 1 fully saturated rings. The van der Waals surface area contributed by atoms with Gasteiger partial charge in [0.05, 0.1) is 0 Å². The van der Waals surface area contributed by atoms with E-state index in [2.05, 4.69) is 37.9 Å². The molecular formula is C15H32N2. The summed E-state index contributed by atoms with van der Waals surface area (Å²) in [7, 11) is 0. The van der Waals surface area contributed by atoms with Crippen LogP contribution < -0.4 is 5.32 Å². The first-order valence-electron chi connectivity index (χ1n) is 7.48. The van der Waals surface area contributed by atoms with E-state index < -0.39 is 0 Å². The van der Waals surface area contributed by atoms with Crippen molar-refractivity contribution in [3.8, 4) is 0 Å². The van der Waals surface area contributed by atoms with Crippen molar-refractivity contribution in [2.45, 2.75) is 65.3 Å². The lowest BCUT2D eigenvalue weighted by Crippen LogP contribution is -2.36. The van der Waals surface area contributed by atoms with Gasteiger partial charge in [0, 0.05) is 12.1 Å². The molecule has 0 amide bonds. The minimum Gasteiger partial charge on any atom is -0.312 e. The van der Waals surface area contributed by atoms with Crippen molar-refractivity contribution < 1.29 is 0 Å². The molecule has 1 aliphatic heterocycles. The molecule has 2 heteroatoms. The number of likely N-dealkylation sites (tertiary alicyclic amines) is 1. The van der Waals surface area contributed by atoms with E-state index in [4.69, 9.17) is 0 Å². The van der Waals surface area contributed by atoms with Gasteiger partial charge in [-0.3, -0.25) is 0 Å². The zero-order valence-electron chi connectivity index (χ0n) is 12.4. The first-order valence-corrected chi connectivity index (χ1v) is 7.48. The van der Waals surface area contributed by atoms with E-state index in [1.807, 2.05) is 0 Å². The van der Waals surface area contributed by atoms with E-state index in [1.165, 1.54) is 51.7 Å². The highest BCUT2D eigenvalue weighted by atomic mass is 15.1. The molecule has 1 aliphatic rings. The number of rotatable bonds is 7. The fraction of sp³-hybridized carbons (Fsp3) is 1.00. The molecule has 0 aromatic rings. The van der Waals surface area contributed by atoms with Crippen molar-refractivity contribution in [1.29, 1.82) is 0 Å². The van der Waals surface area contributed by atoms with Gasteiger partial charge < -0.3 is 10.2 Å². The summed E-state index contributed by atoms with van der Waals surface area (Å²) in [4.78, 5) is 2.66. The number of unbranched alkanes of at least 4 members (excludes halogenated alkanes) is 1. The zero-order chi connectivity index (χ0) is 12.7. The van der Waals surface area contributed by atoms with Gasteiger partial charge in [-0.05, 0) is 72.0 Å². The molecule has 2 nitrogen and oxygen atoms in total. The first kappa shape index (κ1) is 15.0. The van der Waals surface area contributed by atoms with Gasteiger partial charge in [-0.1, -0.05) is 13.3 Å². The Bertz CT molecular complexity index is 196. The van der Waals surface area contributed by atoms with Crippen molar-refractivity contribution in [3.63, 3.8) is 0 Å². The molecule has 1 unspecified atom stereocenters. The molecule has 1 rings (SSSR count). The third-order valence-corrected chi connectivity index (χ3v) is 3.62. The Balaban J connectivity index is 1.97. The fourth-order valence-electron chi connectivity index (χ4n) is 2.68. The predicted molar refractivity (Wildman–Crippen MR) is 76.4 cm³/mol. The van der Waals surface area contributed by atoms with Gasteiger partial charge in [0.2, 0.25) is 0 Å². The molecule has 1 saturated heterocycles. The van der Waals surface area contributed by atoms with Gasteiger partial charge in [-0.2, -0.15) is 0 Å². The van der Waals surface area contributed by atoms with Gasteiger partial charge >= 0.3 is 0 Å². The van der Waals surface area contributed by atoms with E-state index in [-0.39, 0.29) is 5.54 Å². The van der Waals surface area contributed by atoms with E-state index in [0.717, 1.165) is 12.5 Å². The summed E-state index contributed by atoms with van der Waals surface area (Å²) in [5, 5.41) is 3.56. The third-order valence-electron chi connectivity index (χ3n) is 3.62. The molecule has 0 spiro atoms. The highest BCUT2D eigenvalue weighted by Crippen LogP contribution is 2.20. The van der Waals surface area contributed by atoms with Crippen LogP contribution in [0.3, 0.4) is 0 Å². The van der Waals surface area contributed by atoms with Crippen molar-refractivity contribution in [1.82, 2.24) is 10.2 Å². The van der Waals surface area contributed by atoms with Crippen LogP contribution in [0.2, 0.25) is 0 Å². The number of hydrogen-bond acceptors (Lipinski definition) is 2. The Morgan fingerprint density at radius 3 is 2.65 bits per heavy atom. The van der Waals surface area contributed by atoms with E-state index in [9.17, 15) is 0 Å². The first-order chi connectivity index (χ1) is 8.01. The lowest BCUT2D eigenvalue weighted by atomic mass is 10.0. The Morgan fingerprint density at radius 1 is 1.24 bits per heavy atom. The second-order valence-electron chi connectivity index (χ2n) is 6.63. The number of nitrogens with one attached hydrogen (secondary N) is 1. The Hall–Kier alpha value is -0.0800. The van der Waals surface area contributed by atoms with Crippen LogP contribution in [0.25, 0.3) is 0 Å². The largest absolute Gasteiger partial charge is 0.312 e. The van der Waals surface area contributed by atoms with Crippen LogP contribution in [0.4, 0.5) is 0 Å². The lowest BCUT2D eigenvalue weighted by Gasteiger charge is -2.21.